The van der Waals surface area contributed by atoms with Gasteiger partial charge in [-0.15, -0.1) is 0 Å². The van der Waals surface area contributed by atoms with E-state index >= 15 is 0 Å². The Labute approximate surface area is 118 Å². The summed E-state index contributed by atoms with van der Waals surface area (Å²) in [5.74, 6) is 0.0430. The third-order valence-electron chi connectivity index (χ3n) is 3.71. The summed E-state index contributed by atoms with van der Waals surface area (Å²) in [6.07, 6.45) is 1.08. The van der Waals surface area contributed by atoms with Gasteiger partial charge in [-0.25, -0.2) is 4.39 Å². The first-order valence-electron chi connectivity index (χ1n) is 6.99. The van der Waals surface area contributed by atoms with Crippen molar-refractivity contribution in [1.82, 2.24) is 4.90 Å². The van der Waals surface area contributed by atoms with Gasteiger partial charge in [0.2, 0.25) is 0 Å². The number of nitrogens with zero attached hydrogens (tertiary/aromatic N) is 1. The number of para-hydroxylation sites is 1. The summed E-state index contributed by atoms with van der Waals surface area (Å²) in [6.45, 7) is 3.33. The summed E-state index contributed by atoms with van der Waals surface area (Å²) in [4.78, 5) is 2.35. The van der Waals surface area contributed by atoms with E-state index in [1.54, 1.807) is 18.2 Å². The molecule has 20 heavy (non-hydrogen) atoms. The first-order valence-corrected chi connectivity index (χ1v) is 6.99. The van der Waals surface area contributed by atoms with E-state index in [0.717, 1.165) is 26.1 Å². The summed E-state index contributed by atoms with van der Waals surface area (Å²) < 4.78 is 18.9. The van der Waals surface area contributed by atoms with Gasteiger partial charge < -0.3 is 4.74 Å². The van der Waals surface area contributed by atoms with Crippen LogP contribution in [0.5, 0.6) is 5.75 Å². The Hall–Kier alpha value is -1.87. The zero-order valence-electron chi connectivity index (χ0n) is 11.4. The van der Waals surface area contributed by atoms with E-state index < -0.39 is 0 Å². The number of fused-ring (bicyclic) bond motifs is 1. The zero-order chi connectivity index (χ0) is 13.8. The van der Waals surface area contributed by atoms with Gasteiger partial charge in [0.1, 0.15) is 6.61 Å². The largest absolute Gasteiger partial charge is 0.489 e. The van der Waals surface area contributed by atoms with Gasteiger partial charge in [0, 0.05) is 19.6 Å². The molecule has 0 atom stereocenters. The molecule has 1 aliphatic rings. The fourth-order valence-corrected chi connectivity index (χ4v) is 2.59. The molecule has 0 unspecified atom stereocenters. The third kappa shape index (κ3) is 2.99. The van der Waals surface area contributed by atoms with Crippen molar-refractivity contribution in [2.45, 2.75) is 13.0 Å². The molecule has 0 amide bonds. The van der Waals surface area contributed by atoms with E-state index in [0.29, 0.717) is 12.4 Å². The molecule has 2 aromatic rings. The first kappa shape index (κ1) is 13.1. The number of halogens is 1. The summed E-state index contributed by atoms with van der Waals surface area (Å²) in [6, 6.07) is 15.1. The standard InChI is InChI=1S/C17H18FNO/c18-16-7-3-4-8-17(16)20-12-11-19-10-9-14-5-1-2-6-15(14)13-19/h1-8H,9-13H2. The second-order valence-corrected chi connectivity index (χ2v) is 5.07. The van der Waals surface area contributed by atoms with Crippen LogP contribution < -0.4 is 4.74 Å². The Kier molecular flexibility index (Phi) is 3.97. The highest BCUT2D eigenvalue weighted by atomic mass is 19.1. The molecule has 104 valence electrons. The maximum Gasteiger partial charge on any atom is 0.165 e. The highest BCUT2D eigenvalue weighted by molar-refractivity contribution is 5.29. The van der Waals surface area contributed by atoms with E-state index in [4.69, 9.17) is 4.74 Å². The lowest BCUT2D eigenvalue weighted by atomic mass is 10.0. The molecule has 0 fully saturated rings. The third-order valence-corrected chi connectivity index (χ3v) is 3.71. The van der Waals surface area contributed by atoms with Crippen molar-refractivity contribution in [3.05, 3.63) is 65.5 Å². The molecule has 3 rings (SSSR count). The lowest BCUT2D eigenvalue weighted by molar-refractivity contribution is 0.192. The Bertz CT molecular complexity index is 585. The zero-order valence-corrected chi connectivity index (χ0v) is 11.4. The summed E-state index contributed by atoms with van der Waals surface area (Å²) >= 11 is 0. The van der Waals surface area contributed by atoms with Gasteiger partial charge in [-0.3, -0.25) is 4.90 Å². The van der Waals surface area contributed by atoms with Crippen molar-refractivity contribution in [2.75, 3.05) is 19.7 Å². The van der Waals surface area contributed by atoms with Crippen molar-refractivity contribution >= 4 is 0 Å². The quantitative estimate of drug-likeness (QED) is 0.846. The van der Waals surface area contributed by atoms with Gasteiger partial charge in [-0.2, -0.15) is 0 Å². The van der Waals surface area contributed by atoms with E-state index in [-0.39, 0.29) is 5.82 Å². The minimum atomic E-state index is -0.295. The molecular formula is C17H18FNO. The molecule has 3 heteroatoms. The van der Waals surface area contributed by atoms with Crippen LogP contribution in [0, 0.1) is 5.82 Å². The van der Waals surface area contributed by atoms with E-state index in [9.17, 15) is 4.39 Å². The minimum absolute atomic E-state index is 0.295. The second kappa shape index (κ2) is 6.06. The monoisotopic (exact) mass is 271 g/mol. The van der Waals surface area contributed by atoms with Crippen molar-refractivity contribution in [3.8, 4) is 5.75 Å². The highest BCUT2D eigenvalue weighted by Crippen LogP contribution is 2.19. The van der Waals surface area contributed by atoms with E-state index in [1.807, 2.05) is 0 Å². The SMILES string of the molecule is Fc1ccccc1OCCN1CCc2ccccc2C1. The summed E-state index contributed by atoms with van der Waals surface area (Å²) in [5.41, 5.74) is 2.84. The van der Waals surface area contributed by atoms with Crippen molar-refractivity contribution in [1.29, 1.82) is 0 Å². The Balaban J connectivity index is 1.52. The van der Waals surface area contributed by atoms with Crippen LogP contribution in [0.25, 0.3) is 0 Å². The van der Waals surface area contributed by atoms with Crippen LogP contribution in [0.4, 0.5) is 4.39 Å². The smallest absolute Gasteiger partial charge is 0.165 e. The molecule has 0 spiro atoms. The van der Waals surface area contributed by atoms with Crippen LogP contribution >= 0.6 is 0 Å². The summed E-state index contributed by atoms with van der Waals surface area (Å²) in [7, 11) is 0. The van der Waals surface area contributed by atoms with Crippen LogP contribution in [0.1, 0.15) is 11.1 Å². The number of benzene rings is 2. The highest BCUT2D eigenvalue weighted by Gasteiger charge is 2.15. The molecule has 0 N–H and O–H groups in total. The molecule has 2 nitrogen and oxygen atoms in total. The van der Waals surface area contributed by atoms with Crippen LogP contribution in [0.3, 0.4) is 0 Å². The van der Waals surface area contributed by atoms with E-state index in [2.05, 4.69) is 29.2 Å². The Morgan fingerprint density at radius 1 is 1.00 bits per heavy atom. The van der Waals surface area contributed by atoms with Gasteiger partial charge in [0.25, 0.3) is 0 Å². The number of ether oxygens (including phenoxy) is 1. The lowest BCUT2D eigenvalue weighted by Crippen LogP contribution is -2.33. The fraction of sp³-hybridized carbons (Fsp3) is 0.294. The predicted molar refractivity (Wildman–Crippen MR) is 77.3 cm³/mol. The minimum Gasteiger partial charge on any atom is -0.489 e. The molecule has 0 radical (unpaired) electrons. The maximum absolute atomic E-state index is 13.4. The molecular weight excluding hydrogens is 253 g/mol. The van der Waals surface area contributed by atoms with Gasteiger partial charge in [-0.1, -0.05) is 36.4 Å². The maximum atomic E-state index is 13.4. The molecule has 0 saturated heterocycles. The lowest BCUT2D eigenvalue weighted by Gasteiger charge is -2.28. The van der Waals surface area contributed by atoms with Gasteiger partial charge in [-0.05, 0) is 29.7 Å². The molecule has 0 aromatic heterocycles. The average Bonchev–Trinajstić information content (AvgIpc) is 2.49. The number of hydrogen-bond acceptors (Lipinski definition) is 2. The van der Waals surface area contributed by atoms with Crippen molar-refractivity contribution in [3.63, 3.8) is 0 Å². The van der Waals surface area contributed by atoms with Crippen molar-refractivity contribution in [2.24, 2.45) is 0 Å². The van der Waals surface area contributed by atoms with Crippen LogP contribution in [0.2, 0.25) is 0 Å². The fourth-order valence-electron chi connectivity index (χ4n) is 2.59. The van der Waals surface area contributed by atoms with Crippen molar-refractivity contribution < 1.29 is 9.13 Å². The van der Waals surface area contributed by atoms with Gasteiger partial charge in [0.15, 0.2) is 11.6 Å². The summed E-state index contributed by atoms with van der Waals surface area (Å²) in [5, 5.41) is 0. The van der Waals surface area contributed by atoms with E-state index in [1.165, 1.54) is 17.2 Å². The molecule has 0 aliphatic carbocycles. The molecule has 2 aromatic carbocycles. The Morgan fingerprint density at radius 3 is 2.60 bits per heavy atom. The molecule has 1 heterocycles. The topological polar surface area (TPSA) is 12.5 Å². The average molecular weight is 271 g/mol. The number of hydrogen-bond donors (Lipinski definition) is 0. The van der Waals surface area contributed by atoms with Crippen LogP contribution in [-0.4, -0.2) is 24.6 Å². The second-order valence-electron chi connectivity index (χ2n) is 5.07. The van der Waals surface area contributed by atoms with Gasteiger partial charge >= 0.3 is 0 Å². The normalized spacial score (nSPS) is 14.8. The van der Waals surface area contributed by atoms with Crippen LogP contribution in [-0.2, 0) is 13.0 Å². The number of rotatable bonds is 4. The van der Waals surface area contributed by atoms with Gasteiger partial charge in [0.05, 0.1) is 0 Å². The Morgan fingerprint density at radius 2 is 1.75 bits per heavy atom. The van der Waals surface area contributed by atoms with Crippen LogP contribution in [0.15, 0.2) is 48.5 Å². The molecule has 1 aliphatic heterocycles. The molecule has 0 bridgehead atoms. The molecule has 0 saturated carbocycles. The first-order chi connectivity index (χ1) is 9.83. The predicted octanol–water partition coefficient (Wildman–Crippen LogP) is 3.26.